The zero-order chi connectivity index (χ0) is 15.4. The maximum Gasteiger partial charge on any atom is 0.136 e. The van der Waals surface area contributed by atoms with Gasteiger partial charge in [0.25, 0.3) is 0 Å². The Morgan fingerprint density at radius 3 is 2.52 bits per heavy atom. The fourth-order valence-corrected chi connectivity index (χ4v) is 2.29. The first-order chi connectivity index (χ1) is 9.99. The average molecular weight is 349 g/mol. The van der Waals surface area contributed by atoms with Gasteiger partial charge in [-0.05, 0) is 31.5 Å². The molecule has 1 aromatic carbocycles. The van der Waals surface area contributed by atoms with Crippen LogP contribution in [0.25, 0.3) is 0 Å². The molecular weight excluding hydrogens is 328 g/mol. The van der Waals surface area contributed by atoms with Crippen LogP contribution in [-0.2, 0) is 0 Å². The molecular formula is C16H21BrN4. The normalized spacial score (nSPS) is 10.8. The van der Waals surface area contributed by atoms with Crippen LogP contribution >= 0.6 is 15.9 Å². The Kier molecular flexibility index (Phi) is 5.17. The summed E-state index contributed by atoms with van der Waals surface area (Å²) in [6, 6.07) is 8.10. The van der Waals surface area contributed by atoms with Gasteiger partial charge in [-0.15, -0.1) is 0 Å². The number of benzene rings is 1. The summed E-state index contributed by atoms with van der Waals surface area (Å²) in [6.45, 7) is 9.16. The molecule has 0 aliphatic carbocycles. The third-order valence-corrected chi connectivity index (χ3v) is 3.57. The molecule has 0 saturated carbocycles. The molecule has 112 valence electrons. The zero-order valence-electron chi connectivity index (χ0n) is 12.9. The van der Waals surface area contributed by atoms with Crippen molar-refractivity contribution < 1.29 is 0 Å². The minimum atomic E-state index is 0.285. The molecule has 0 aliphatic heterocycles. The van der Waals surface area contributed by atoms with Crippen LogP contribution in [0.5, 0.6) is 0 Å². The van der Waals surface area contributed by atoms with E-state index in [2.05, 4.69) is 76.4 Å². The number of aromatic nitrogens is 2. The van der Waals surface area contributed by atoms with Crippen LogP contribution in [0.3, 0.4) is 0 Å². The predicted molar refractivity (Wildman–Crippen MR) is 92.4 cm³/mol. The molecule has 2 N–H and O–H groups in total. The summed E-state index contributed by atoms with van der Waals surface area (Å²) in [5.41, 5.74) is 2.22. The predicted octanol–water partition coefficient (Wildman–Crippen LogP) is 4.85. The van der Waals surface area contributed by atoms with Gasteiger partial charge in [0.2, 0.25) is 0 Å². The second-order valence-electron chi connectivity index (χ2n) is 5.27. The topological polar surface area (TPSA) is 49.8 Å². The molecule has 21 heavy (non-hydrogen) atoms. The van der Waals surface area contributed by atoms with E-state index in [9.17, 15) is 0 Å². The van der Waals surface area contributed by atoms with Gasteiger partial charge in [0, 0.05) is 28.7 Å². The quantitative estimate of drug-likeness (QED) is 0.810. The fraction of sp³-hybridized carbons (Fsp3) is 0.375. The van der Waals surface area contributed by atoms with Gasteiger partial charge < -0.3 is 10.6 Å². The lowest BCUT2D eigenvalue weighted by Crippen LogP contribution is -2.07. The second kappa shape index (κ2) is 6.89. The van der Waals surface area contributed by atoms with Crippen molar-refractivity contribution in [3.63, 3.8) is 0 Å². The maximum absolute atomic E-state index is 4.60. The number of rotatable bonds is 5. The van der Waals surface area contributed by atoms with Crippen molar-refractivity contribution in [2.24, 2.45) is 0 Å². The molecule has 5 heteroatoms. The second-order valence-corrected chi connectivity index (χ2v) is 6.18. The standard InChI is InChI=1S/C16H21BrN4/c1-5-18-14-9-15(21-16(20-14)10(2)3)19-13-8-12(17)7-6-11(13)4/h6-10H,5H2,1-4H3,(H2,18,19,20,21). The minimum Gasteiger partial charge on any atom is -0.370 e. The SMILES string of the molecule is CCNc1cc(Nc2cc(Br)ccc2C)nc(C(C)C)n1. The molecule has 4 nitrogen and oxygen atoms in total. The lowest BCUT2D eigenvalue weighted by atomic mass is 10.2. The van der Waals surface area contributed by atoms with E-state index >= 15 is 0 Å². The van der Waals surface area contributed by atoms with Crippen molar-refractivity contribution >= 4 is 33.3 Å². The average Bonchev–Trinajstić information content (AvgIpc) is 2.43. The number of halogens is 1. The lowest BCUT2D eigenvalue weighted by Gasteiger charge is -2.13. The lowest BCUT2D eigenvalue weighted by molar-refractivity contribution is 0.777. The van der Waals surface area contributed by atoms with Crippen molar-refractivity contribution in [2.75, 3.05) is 17.2 Å². The Morgan fingerprint density at radius 2 is 1.86 bits per heavy atom. The molecule has 0 radical (unpaired) electrons. The molecule has 2 rings (SSSR count). The highest BCUT2D eigenvalue weighted by molar-refractivity contribution is 9.10. The highest BCUT2D eigenvalue weighted by atomic mass is 79.9. The molecule has 0 saturated heterocycles. The Balaban J connectivity index is 2.36. The van der Waals surface area contributed by atoms with Gasteiger partial charge in [0.1, 0.15) is 17.5 Å². The largest absolute Gasteiger partial charge is 0.370 e. The van der Waals surface area contributed by atoms with Crippen LogP contribution in [0.4, 0.5) is 17.3 Å². The molecule has 0 spiro atoms. The Bertz CT molecular complexity index is 626. The molecule has 0 amide bonds. The van der Waals surface area contributed by atoms with Crippen molar-refractivity contribution in [1.29, 1.82) is 0 Å². The van der Waals surface area contributed by atoms with Crippen molar-refractivity contribution in [2.45, 2.75) is 33.6 Å². The number of aryl methyl sites for hydroxylation is 1. The van der Waals surface area contributed by atoms with E-state index < -0.39 is 0 Å². The van der Waals surface area contributed by atoms with Crippen LogP contribution in [0.2, 0.25) is 0 Å². The molecule has 0 atom stereocenters. The van der Waals surface area contributed by atoms with E-state index in [1.165, 1.54) is 5.56 Å². The van der Waals surface area contributed by atoms with E-state index in [4.69, 9.17) is 0 Å². The van der Waals surface area contributed by atoms with E-state index in [0.29, 0.717) is 0 Å². The number of nitrogens with zero attached hydrogens (tertiary/aromatic N) is 2. The smallest absolute Gasteiger partial charge is 0.136 e. The van der Waals surface area contributed by atoms with Crippen LogP contribution in [0, 0.1) is 6.92 Å². The van der Waals surface area contributed by atoms with Crippen molar-refractivity contribution in [1.82, 2.24) is 9.97 Å². The van der Waals surface area contributed by atoms with Gasteiger partial charge in [-0.25, -0.2) is 9.97 Å². The van der Waals surface area contributed by atoms with Gasteiger partial charge in [-0.1, -0.05) is 35.8 Å². The number of anilines is 3. The van der Waals surface area contributed by atoms with Crippen LogP contribution in [-0.4, -0.2) is 16.5 Å². The maximum atomic E-state index is 4.60. The number of hydrogen-bond donors (Lipinski definition) is 2. The van der Waals surface area contributed by atoms with E-state index in [1.807, 2.05) is 12.1 Å². The molecule has 2 aromatic rings. The van der Waals surface area contributed by atoms with E-state index in [1.54, 1.807) is 0 Å². The van der Waals surface area contributed by atoms with Gasteiger partial charge in [-0.2, -0.15) is 0 Å². The van der Waals surface area contributed by atoms with Gasteiger partial charge in [0.15, 0.2) is 0 Å². The molecule has 0 unspecified atom stereocenters. The third-order valence-electron chi connectivity index (χ3n) is 3.08. The van der Waals surface area contributed by atoms with Gasteiger partial charge in [-0.3, -0.25) is 0 Å². The number of nitrogens with one attached hydrogen (secondary N) is 2. The van der Waals surface area contributed by atoms with E-state index in [-0.39, 0.29) is 5.92 Å². The first kappa shape index (κ1) is 15.8. The number of hydrogen-bond acceptors (Lipinski definition) is 4. The Morgan fingerprint density at radius 1 is 1.14 bits per heavy atom. The first-order valence-electron chi connectivity index (χ1n) is 7.15. The summed E-state index contributed by atoms with van der Waals surface area (Å²) in [6.07, 6.45) is 0. The van der Waals surface area contributed by atoms with Crippen LogP contribution in [0.1, 0.15) is 38.1 Å². The summed E-state index contributed by atoms with van der Waals surface area (Å²) < 4.78 is 1.04. The highest BCUT2D eigenvalue weighted by Gasteiger charge is 2.09. The summed E-state index contributed by atoms with van der Waals surface area (Å²) >= 11 is 3.50. The summed E-state index contributed by atoms with van der Waals surface area (Å²) in [5, 5.41) is 6.64. The fourth-order valence-electron chi connectivity index (χ4n) is 1.93. The summed E-state index contributed by atoms with van der Waals surface area (Å²) in [7, 11) is 0. The summed E-state index contributed by atoms with van der Waals surface area (Å²) in [4.78, 5) is 9.14. The van der Waals surface area contributed by atoms with Crippen molar-refractivity contribution in [3.05, 3.63) is 40.1 Å². The van der Waals surface area contributed by atoms with Crippen molar-refractivity contribution in [3.8, 4) is 0 Å². The third kappa shape index (κ3) is 4.17. The zero-order valence-corrected chi connectivity index (χ0v) is 14.5. The van der Waals surface area contributed by atoms with Crippen LogP contribution < -0.4 is 10.6 Å². The Labute approximate surface area is 134 Å². The Hall–Kier alpha value is -1.62. The van der Waals surface area contributed by atoms with Gasteiger partial charge >= 0.3 is 0 Å². The molecule has 0 aliphatic rings. The molecule has 1 aromatic heterocycles. The summed E-state index contributed by atoms with van der Waals surface area (Å²) in [5.74, 6) is 2.79. The first-order valence-corrected chi connectivity index (χ1v) is 7.95. The monoisotopic (exact) mass is 348 g/mol. The van der Waals surface area contributed by atoms with Crippen LogP contribution in [0.15, 0.2) is 28.7 Å². The minimum absolute atomic E-state index is 0.285. The highest BCUT2D eigenvalue weighted by Crippen LogP contribution is 2.25. The molecule has 1 heterocycles. The molecule has 0 bridgehead atoms. The molecule has 0 fully saturated rings. The van der Waals surface area contributed by atoms with E-state index in [0.717, 1.165) is 34.2 Å². The van der Waals surface area contributed by atoms with Gasteiger partial charge in [0.05, 0.1) is 0 Å².